The van der Waals surface area contributed by atoms with Gasteiger partial charge in [-0.2, -0.15) is 12.6 Å². The summed E-state index contributed by atoms with van der Waals surface area (Å²) in [7, 11) is 0. The molecule has 4 aliphatic heterocycles. The van der Waals surface area contributed by atoms with Gasteiger partial charge in [0.25, 0.3) is 5.88 Å². The molecule has 0 aromatic carbocycles. The Morgan fingerprint density at radius 3 is 1.88 bits per heavy atom. The van der Waals surface area contributed by atoms with Crippen molar-refractivity contribution in [1.29, 1.82) is 0 Å². The Morgan fingerprint density at radius 1 is 0.825 bits per heavy atom. The summed E-state index contributed by atoms with van der Waals surface area (Å²) in [5, 5.41) is 1.31. The van der Waals surface area contributed by atoms with Gasteiger partial charge in [0.1, 0.15) is 12.2 Å². The number of fused-ring (bicyclic) bond motifs is 4. The molecule has 4 aliphatic rings. The van der Waals surface area contributed by atoms with Crippen LogP contribution in [-0.4, -0.2) is 92.7 Å². The molecule has 6 atom stereocenters. The maximum Gasteiger partial charge on any atom is 0.252 e. The van der Waals surface area contributed by atoms with Crippen molar-refractivity contribution >= 4 is 36.0 Å². The zero-order valence-electron chi connectivity index (χ0n) is 23.3. The van der Waals surface area contributed by atoms with E-state index in [1.807, 2.05) is 0 Å². The second kappa shape index (κ2) is 17.6. The first kappa shape index (κ1) is 33.2. The van der Waals surface area contributed by atoms with Crippen LogP contribution in [0.2, 0.25) is 5.15 Å². The maximum absolute atomic E-state index is 6.18. The van der Waals surface area contributed by atoms with Crippen molar-refractivity contribution in [3.8, 4) is 11.8 Å². The van der Waals surface area contributed by atoms with Crippen molar-refractivity contribution in [2.24, 2.45) is 11.8 Å². The fraction of sp³-hybridized carbons (Fsp3) is 0.724. The third-order valence-electron chi connectivity index (χ3n) is 7.46. The summed E-state index contributed by atoms with van der Waals surface area (Å²) in [5.41, 5.74) is 0. The number of nitrogens with zero attached hydrogens (tertiary/aromatic N) is 6. The van der Waals surface area contributed by atoms with Gasteiger partial charge in [0.05, 0.1) is 0 Å². The molecule has 0 amide bonds. The summed E-state index contributed by atoms with van der Waals surface area (Å²) in [6, 6.07) is 0. The SMILES string of the molecule is C.CCCS.CCCSc1nccnc1O[C@@H]1CN2CCCC1C2.Clc1nccnc1O[C@@H]1CN2CCCC1C2. The number of aromatic nitrogens is 4. The van der Waals surface area contributed by atoms with Crippen LogP contribution in [-0.2, 0) is 0 Å². The molecule has 0 aliphatic carbocycles. The molecular formula is C29H47ClN6O2S2. The first-order chi connectivity index (χ1) is 19.1. The molecule has 8 nitrogen and oxygen atoms in total. The van der Waals surface area contributed by atoms with Crippen LogP contribution < -0.4 is 9.47 Å². The van der Waals surface area contributed by atoms with E-state index in [4.69, 9.17) is 21.1 Å². The van der Waals surface area contributed by atoms with Crippen molar-refractivity contribution in [1.82, 2.24) is 29.7 Å². The topological polar surface area (TPSA) is 76.5 Å². The number of thiol groups is 1. The Morgan fingerprint density at radius 2 is 1.35 bits per heavy atom. The van der Waals surface area contributed by atoms with Gasteiger partial charge < -0.3 is 9.47 Å². The van der Waals surface area contributed by atoms with Crippen molar-refractivity contribution < 1.29 is 9.47 Å². The van der Waals surface area contributed by atoms with E-state index in [0.717, 1.165) is 48.5 Å². The monoisotopic (exact) mass is 610 g/mol. The maximum atomic E-state index is 6.18. The number of hydrogen-bond donors (Lipinski definition) is 1. The van der Waals surface area contributed by atoms with E-state index in [2.05, 4.69) is 56.2 Å². The van der Waals surface area contributed by atoms with Crippen LogP contribution in [0.5, 0.6) is 11.8 Å². The highest BCUT2D eigenvalue weighted by atomic mass is 35.5. The molecule has 40 heavy (non-hydrogen) atoms. The van der Waals surface area contributed by atoms with E-state index in [1.165, 1.54) is 51.7 Å². The lowest BCUT2D eigenvalue weighted by Gasteiger charge is -2.22. The Kier molecular flexibility index (Phi) is 14.6. The van der Waals surface area contributed by atoms with Gasteiger partial charge in [-0.3, -0.25) is 9.80 Å². The number of thioether (sulfide) groups is 1. The van der Waals surface area contributed by atoms with Crippen molar-refractivity contribution in [3.05, 3.63) is 29.9 Å². The molecule has 2 aromatic rings. The molecule has 4 unspecified atom stereocenters. The van der Waals surface area contributed by atoms with Gasteiger partial charge >= 0.3 is 0 Å². The summed E-state index contributed by atoms with van der Waals surface area (Å²) in [5.74, 6) is 4.60. The highest BCUT2D eigenvalue weighted by Gasteiger charge is 2.38. The number of ether oxygens (including phenoxy) is 2. The van der Waals surface area contributed by atoms with Gasteiger partial charge in [0, 0.05) is 62.8 Å². The van der Waals surface area contributed by atoms with Crippen LogP contribution in [0.1, 0.15) is 59.8 Å². The number of piperidine rings is 2. The minimum absolute atomic E-state index is 0. The van der Waals surface area contributed by atoms with Gasteiger partial charge in [0.2, 0.25) is 5.88 Å². The van der Waals surface area contributed by atoms with E-state index in [1.54, 1.807) is 36.5 Å². The molecule has 4 saturated heterocycles. The third-order valence-corrected chi connectivity index (χ3v) is 9.33. The average Bonchev–Trinajstić information content (AvgIpc) is 3.41. The van der Waals surface area contributed by atoms with E-state index >= 15 is 0 Å². The first-order valence-electron chi connectivity index (χ1n) is 14.4. The molecule has 0 radical (unpaired) electrons. The minimum Gasteiger partial charge on any atom is -0.471 e. The molecule has 6 heterocycles. The molecule has 4 bridgehead atoms. The molecule has 2 aromatic heterocycles. The van der Waals surface area contributed by atoms with E-state index < -0.39 is 0 Å². The van der Waals surface area contributed by atoms with Crippen LogP contribution >= 0.6 is 36.0 Å². The first-order valence-corrected chi connectivity index (χ1v) is 16.4. The Bertz CT molecular complexity index is 1010. The Labute approximate surface area is 255 Å². The number of rotatable bonds is 8. The summed E-state index contributed by atoms with van der Waals surface area (Å²) < 4.78 is 12.1. The van der Waals surface area contributed by atoms with Gasteiger partial charge in [-0.15, -0.1) is 11.8 Å². The summed E-state index contributed by atoms with van der Waals surface area (Å²) in [6.07, 6.45) is 14.7. The van der Waals surface area contributed by atoms with E-state index in [-0.39, 0.29) is 13.5 Å². The highest BCUT2D eigenvalue weighted by molar-refractivity contribution is 7.99. The number of hydrogen-bond acceptors (Lipinski definition) is 10. The molecule has 0 N–H and O–H groups in total. The Balaban J connectivity index is 0.000000192. The average molecular weight is 611 g/mol. The van der Waals surface area contributed by atoms with Gasteiger partial charge in [0.15, 0.2) is 10.2 Å². The largest absolute Gasteiger partial charge is 0.471 e. The second-order valence-corrected chi connectivity index (χ2v) is 12.4. The standard InChI is InChI=1S/C14H21N3OS.C11H14ClN3O.C3H8S.CH4/c1-2-8-19-14-13(15-5-6-16-14)18-12-10-17-7-3-4-11(12)9-17;12-10-11(14-4-3-13-10)16-9-7-15-5-1-2-8(9)6-15;1-2-3-4;/h5-6,11-12H,2-4,7-10H2,1H3;3-4,8-9H,1-2,5-7H2;4H,2-3H2,1H3;1H4/t11?,12-;8?,9-;;/m11../s1. The smallest absolute Gasteiger partial charge is 0.252 e. The molecule has 11 heteroatoms. The van der Waals surface area contributed by atoms with Crippen molar-refractivity contribution in [3.63, 3.8) is 0 Å². The van der Waals surface area contributed by atoms with Crippen LogP contribution in [0.3, 0.4) is 0 Å². The molecule has 0 spiro atoms. The zero-order valence-corrected chi connectivity index (χ0v) is 25.7. The fourth-order valence-corrected chi connectivity index (χ4v) is 6.47. The highest BCUT2D eigenvalue weighted by Crippen LogP contribution is 2.33. The van der Waals surface area contributed by atoms with Gasteiger partial charge in [-0.05, 0) is 63.1 Å². The molecule has 4 fully saturated rings. The summed E-state index contributed by atoms with van der Waals surface area (Å²) in [6.45, 7) is 11.1. The second-order valence-electron chi connectivity index (χ2n) is 10.5. The van der Waals surface area contributed by atoms with E-state index in [9.17, 15) is 0 Å². The normalized spacial score (nSPS) is 27.8. The molecule has 224 valence electrons. The predicted octanol–water partition coefficient (Wildman–Crippen LogP) is 6.02. The summed E-state index contributed by atoms with van der Waals surface area (Å²) in [4.78, 5) is 21.8. The Hall–Kier alpha value is -1.33. The van der Waals surface area contributed by atoms with E-state index in [0.29, 0.717) is 29.0 Å². The fourth-order valence-electron chi connectivity index (χ4n) is 5.56. The zero-order chi connectivity index (χ0) is 27.5. The van der Waals surface area contributed by atoms with Crippen LogP contribution in [0.4, 0.5) is 0 Å². The number of halogens is 1. The predicted molar refractivity (Wildman–Crippen MR) is 168 cm³/mol. The van der Waals surface area contributed by atoms with Gasteiger partial charge in [-0.25, -0.2) is 19.9 Å². The quantitative estimate of drug-likeness (QED) is 0.285. The minimum atomic E-state index is 0. The lowest BCUT2D eigenvalue weighted by atomic mass is 9.99. The van der Waals surface area contributed by atoms with Crippen LogP contribution in [0, 0.1) is 11.8 Å². The molecule has 0 saturated carbocycles. The molecule has 6 rings (SSSR count). The lowest BCUT2D eigenvalue weighted by molar-refractivity contribution is 0.157. The molecular weight excluding hydrogens is 564 g/mol. The van der Waals surface area contributed by atoms with Crippen molar-refractivity contribution in [2.45, 2.75) is 77.0 Å². The van der Waals surface area contributed by atoms with Crippen molar-refractivity contribution in [2.75, 3.05) is 50.8 Å². The van der Waals surface area contributed by atoms with Crippen LogP contribution in [0.25, 0.3) is 0 Å². The summed E-state index contributed by atoms with van der Waals surface area (Å²) >= 11 is 11.6. The third kappa shape index (κ3) is 9.61. The van der Waals surface area contributed by atoms with Gasteiger partial charge in [-0.1, -0.05) is 32.9 Å². The lowest BCUT2D eigenvalue weighted by Crippen LogP contribution is -2.26. The van der Waals surface area contributed by atoms with Crippen LogP contribution in [0.15, 0.2) is 29.8 Å².